The summed E-state index contributed by atoms with van der Waals surface area (Å²) < 4.78 is 0. The van der Waals surface area contributed by atoms with E-state index in [0.29, 0.717) is 12.1 Å². The van der Waals surface area contributed by atoms with Crippen LogP contribution in [-0.4, -0.2) is 17.4 Å². The second-order valence-electron chi connectivity index (χ2n) is 5.03. The highest BCUT2D eigenvalue weighted by atomic mass is 16.1. The van der Waals surface area contributed by atoms with E-state index in [1.54, 1.807) is 24.5 Å². The standard InChI is InChI=1S/C17H20N2O/c1-13-5-6-15(14(2)12-13)4-3-9-19-17(20)16-7-10-18-11-8-16/h5-8,10-12H,3-4,9H2,1-2H3,(H,19,20). The number of aryl methyl sites for hydroxylation is 3. The zero-order valence-corrected chi connectivity index (χ0v) is 12.0. The molecule has 1 aromatic heterocycles. The van der Waals surface area contributed by atoms with Crippen LogP contribution in [0.15, 0.2) is 42.7 Å². The van der Waals surface area contributed by atoms with Gasteiger partial charge in [-0.05, 0) is 49.9 Å². The monoisotopic (exact) mass is 268 g/mol. The molecule has 0 bridgehead atoms. The molecule has 0 radical (unpaired) electrons. The molecular formula is C17H20N2O. The van der Waals surface area contributed by atoms with E-state index < -0.39 is 0 Å². The number of hydrogen-bond donors (Lipinski definition) is 1. The molecular weight excluding hydrogens is 248 g/mol. The fraction of sp³-hybridized carbons (Fsp3) is 0.294. The highest BCUT2D eigenvalue weighted by Gasteiger charge is 2.04. The molecule has 0 spiro atoms. The zero-order valence-electron chi connectivity index (χ0n) is 12.0. The summed E-state index contributed by atoms with van der Waals surface area (Å²) in [6.07, 6.45) is 5.19. The van der Waals surface area contributed by atoms with E-state index in [9.17, 15) is 4.79 Å². The van der Waals surface area contributed by atoms with Crippen molar-refractivity contribution in [2.75, 3.05) is 6.54 Å². The number of carbonyl (C=O) groups is 1. The van der Waals surface area contributed by atoms with Gasteiger partial charge in [0.2, 0.25) is 0 Å². The molecule has 0 saturated carbocycles. The fourth-order valence-corrected chi connectivity index (χ4v) is 2.21. The smallest absolute Gasteiger partial charge is 0.251 e. The quantitative estimate of drug-likeness (QED) is 0.847. The fourth-order valence-electron chi connectivity index (χ4n) is 2.21. The molecule has 0 unspecified atom stereocenters. The van der Waals surface area contributed by atoms with Gasteiger partial charge in [0.05, 0.1) is 0 Å². The van der Waals surface area contributed by atoms with Crippen LogP contribution in [0.3, 0.4) is 0 Å². The Morgan fingerprint density at radius 3 is 2.60 bits per heavy atom. The molecule has 0 aliphatic heterocycles. The van der Waals surface area contributed by atoms with Gasteiger partial charge in [0.25, 0.3) is 5.91 Å². The number of carbonyl (C=O) groups excluding carboxylic acids is 1. The molecule has 1 amide bonds. The number of aromatic nitrogens is 1. The van der Waals surface area contributed by atoms with E-state index in [0.717, 1.165) is 12.8 Å². The minimum atomic E-state index is -0.0342. The predicted molar refractivity (Wildman–Crippen MR) is 80.8 cm³/mol. The lowest BCUT2D eigenvalue weighted by Gasteiger charge is -2.08. The molecule has 0 atom stereocenters. The van der Waals surface area contributed by atoms with Gasteiger partial charge >= 0.3 is 0 Å². The molecule has 0 fully saturated rings. The summed E-state index contributed by atoms with van der Waals surface area (Å²) in [4.78, 5) is 15.7. The molecule has 2 aromatic rings. The van der Waals surface area contributed by atoms with E-state index in [1.165, 1.54) is 16.7 Å². The third-order valence-corrected chi connectivity index (χ3v) is 3.35. The Morgan fingerprint density at radius 1 is 1.15 bits per heavy atom. The van der Waals surface area contributed by atoms with Crippen molar-refractivity contribution in [2.24, 2.45) is 0 Å². The number of nitrogens with zero attached hydrogens (tertiary/aromatic N) is 1. The Kier molecular flexibility index (Phi) is 4.88. The summed E-state index contributed by atoms with van der Waals surface area (Å²) in [7, 11) is 0. The van der Waals surface area contributed by atoms with Gasteiger partial charge in [0.1, 0.15) is 0 Å². The second kappa shape index (κ2) is 6.85. The maximum Gasteiger partial charge on any atom is 0.251 e. The first-order valence-corrected chi connectivity index (χ1v) is 6.91. The average Bonchev–Trinajstić information content (AvgIpc) is 2.46. The van der Waals surface area contributed by atoms with Crippen molar-refractivity contribution in [1.82, 2.24) is 10.3 Å². The summed E-state index contributed by atoms with van der Waals surface area (Å²) in [5, 5.41) is 2.93. The second-order valence-corrected chi connectivity index (χ2v) is 5.03. The minimum Gasteiger partial charge on any atom is -0.352 e. The molecule has 20 heavy (non-hydrogen) atoms. The van der Waals surface area contributed by atoms with Crippen LogP contribution in [0.25, 0.3) is 0 Å². The molecule has 1 N–H and O–H groups in total. The van der Waals surface area contributed by atoms with Gasteiger partial charge in [-0.1, -0.05) is 23.8 Å². The van der Waals surface area contributed by atoms with E-state index >= 15 is 0 Å². The summed E-state index contributed by atoms with van der Waals surface area (Å²) in [5.41, 5.74) is 4.63. The van der Waals surface area contributed by atoms with Crippen LogP contribution in [0.2, 0.25) is 0 Å². The molecule has 0 aliphatic carbocycles. The van der Waals surface area contributed by atoms with Crippen molar-refractivity contribution < 1.29 is 4.79 Å². The Balaban J connectivity index is 1.78. The Hall–Kier alpha value is -2.16. The van der Waals surface area contributed by atoms with Gasteiger partial charge in [0.15, 0.2) is 0 Å². The first-order valence-electron chi connectivity index (χ1n) is 6.91. The number of amides is 1. The number of nitrogens with one attached hydrogen (secondary N) is 1. The number of benzene rings is 1. The Morgan fingerprint density at radius 2 is 1.90 bits per heavy atom. The molecule has 1 heterocycles. The normalized spacial score (nSPS) is 10.3. The SMILES string of the molecule is Cc1ccc(CCCNC(=O)c2ccncc2)c(C)c1. The van der Waals surface area contributed by atoms with Crippen LogP contribution >= 0.6 is 0 Å². The predicted octanol–water partition coefficient (Wildman–Crippen LogP) is 3.06. The van der Waals surface area contributed by atoms with Crippen LogP contribution in [0.5, 0.6) is 0 Å². The third-order valence-electron chi connectivity index (χ3n) is 3.35. The van der Waals surface area contributed by atoms with Crippen LogP contribution < -0.4 is 5.32 Å². The first-order chi connectivity index (χ1) is 9.66. The van der Waals surface area contributed by atoms with Crippen LogP contribution in [0.1, 0.15) is 33.5 Å². The number of pyridine rings is 1. The lowest BCUT2D eigenvalue weighted by Crippen LogP contribution is -2.24. The summed E-state index contributed by atoms with van der Waals surface area (Å²) in [5.74, 6) is -0.0342. The molecule has 3 nitrogen and oxygen atoms in total. The number of rotatable bonds is 5. The highest BCUT2D eigenvalue weighted by molar-refractivity contribution is 5.93. The van der Waals surface area contributed by atoms with Crippen LogP contribution in [0, 0.1) is 13.8 Å². The average molecular weight is 268 g/mol. The van der Waals surface area contributed by atoms with E-state index in [4.69, 9.17) is 0 Å². The van der Waals surface area contributed by atoms with Crippen molar-refractivity contribution in [3.8, 4) is 0 Å². The van der Waals surface area contributed by atoms with Crippen molar-refractivity contribution in [3.63, 3.8) is 0 Å². The molecule has 3 heteroatoms. The third kappa shape index (κ3) is 3.92. The van der Waals surface area contributed by atoms with Gasteiger partial charge in [-0.3, -0.25) is 9.78 Å². The molecule has 2 rings (SSSR count). The van der Waals surface area contributed by atoms with Gasteiger partial charge < -0.3 is 5.32 Å². The van der Waals surface area contributed by atoms with Crippen molar-refractivity contribution in [1.29, 1.82) is 0 Å². The van der Waals surface area contributed by atoms with Gasteiger partial charge in [-0.2, -0.15) is 0 Å². The van der Waals surface area contributed by atoms with Crippen LogP contribution in [0.4, 0.5) is 0 Å². The minimum absolute atomic E-state index is 0.0342. The summed E-state index contributed by atoms with van der Waals surface area (Å²) in [6.45, 7) is 4.93. The molecule has 0 aliphatic rings. The Bertz CT molecular complexity index is 579. The summed E-state index contributed by atoms with van der Waals surface area (Å²) >= 11 is 0. The van der Waals surface area contributed by atoms with Crippen molar-refractivity contribution in [3.05, 3.63) is 65.0 Å². The summed E-state index contributed by atoms with van der Waals surface area (Å²) in [6, 6.07) is 9.96. The maximum absolute atomic E-state index is 11.8. The Labute approximate surface area is 120 Å². The first kappa shape index (κ1) is 14.3. The van der Waals surface area contributed by atoms with Crippen molar-refractivity contribution in [2.45, 2.75) is 26.7 Å². The topological polar surface area (TPSA) is 42.0 Å². The van der Waals surface area contributed by atoms with E-state index in [1.807, 2.05) is 0 Å². The van der Waals surface area contributed by atoms with E-state index in [-0.39, 0.29) is 5.91 Å². The largest absolute Gasteiger partial charge is 0.352 e. The molecule has 0 saturated heterocycles. The zero-order chi connectivity index (χ0) is 14.4. The van der Waals surface area contributed by atoms with Crippen molar-refractivity contribution >= 4 is 5.91 Å². The van der Waals surface area contributed by atoms with Gasteiger partial charge in [-0.25, -0.2) is 0 Å². The van der Waals surface area contributed by atoms with E-state index in [2.05, 4.69) is 42.3 Å². The number of hydrogen-bond acceptors (Lipinski definition) is 2. The maximum atomic E-state index is 11.8. The van der Waals surface area contributed by atoms with Gasteiger partial charge in [-0.15, -0.1) is 0 Å². The van der Waals surface area contributed by atoms with Crippen LogP contribution in [-0.2, 0) is 6.42 Å². The van der Waals surface area contributed by atoms with Gasteiger partial charge in [0, 0.05) is 24.5 Å². The molecule has 104 valence electrons. The lowest BCUT2D eigenvalue weighted by atomic mass is 10.0. The molecule has 1 aromatic carbocycles. The lowest BCUT2D eigenvalue weighted by molar-refractivity contribution is 0.0953. The highest BCUT2D eigenvalue weighted by Crippen LogP contribution is 2.12.